The first-order valence-electron chi connectivity index (χ1n) is 10.4. The van der Waals surface area contributed by atoms with Gasteiger partial charge in [0, 0.05) is 56.4 Å². The van der Waals surface area contributed by atoms with Crippen LogP contribution in [0.1, 0.15) is 0 Å². The van der Waals surface area contributed by atoms with Gasteiger partial charge < -0.3 is 18.6 Å². The monoisotopic (exact) mass is 500 g/mol. The van der Waals surface area contributed by atoms with Crippen molar-refractivity contribution < 1.29 is 19.1 Å². The topological polar surface area (TPSA) is 114 Å². The van der Waals surface area contributed by atoms with Gasteiger partial charge >= 0.3 is 11.9 Å². The fourth-order valence-electron chi connectivity index (χ4n) is 3.64. The lowest BCUT2D eigenvalue weighted by molar-refractivity contribution is -0.146. The van der Waals surface area contributed by atoms with Crippen molar-refractivity contribution in [2.45, 2.75) is 25.5 Å². The fraction of sp³-hybridized carbons (Fsp3) is 0.167. The summed E-state index contributed by atoms with van der Waals surface area (Å²) in [5.74, 6) is -1.54. The average Bonchev–Trinajstić information content (AvgIpc) is 3.35. The summed E-state index contributed by atoms with van der Waals surface area (Å²) in [6.45, 7) is 0.464. The zero-order valence-corrected chi connectivity index (χ0v) is 19.4. The highest BCUT2D eigenvalue weighted by Crippen LogP contribution is 2.21. The van der Waals surface area contributed by atoms with Crippen LogP contribution in [0.4, 0.5) is 0 Å². The number of carbonyl (C=O) groups excluding carboxylic acids is 2. The summed E-state index contributed by atoms with van der Waals surface area (Å²) in [5.41, 5.74) is 13.7. The van der Waals surface area contributed by atoms with Crippen LogP contribution in [0.2, 0.25) is 10.0 Å². The van der Waals surface area contributed by atoms with Crippen molar-refractivity contribution in [3.05, 3.63) is 83.1 Å². The normalized spacial score (nSPS) is 13.4. The van der Waals surface area contributed by atoms with Gasteiger partial charge in [0.2, 0.25) is 0 Å². The Hall–Kier alpha value is -3.30. The predicted octanol–water partition coefficient (Wildman–Crippen LogP) is 3.82. The van der Waals surface area contributed by atoms with E-state index in [4.69, 9.17) is 44.1 Å². The fourth-order valence-corrected chi connectivity index (χ4v) is 4.00. The van der Waals surface area contributed by atoms with Gasteiger partial charge in [0.05, 0.1) is 13.1 Å². The van der Waals surface area contributed by atoms with E-state index >= 15 is 0 Å². The maximum Gasteiger partial charge on any atom is 0.332 e. The lowest BCUT2D eigenvalue weighted by atomic mass is 10.2. The van der Waals surface area contributed by atoms with Gasteiger partial charge in [-0.1, -0.05) is 23.2 Å². The summed E-state index contributed by atoms with van der Waals surface area (Å²) in [6, 6.07) is 14.7. The van der Waals surface area contributed by atoms with Crippen molar-refractivity contribution in [2.75, 3.05) is 0 Å². The molecule has 34 heavy (non-hydrogen) atoms. The number of carbonyl (C=O) groups is 2. The number of halogens is 2. The number of fused-ring (bicyclic) bond motifs is 2. The van der Waals surface area contributed by atoms with Gasteiger partial charge in [0.25, 0.3) is 0 Å². The van der Waals surface area contributed by atoms with E-state index in [-0.39, 0.29) is 13.1 Å². The van der Waals surface area contributed by atoms with E-state index in [9.17, 15) is 9.59 Å². The molecule has 2 atom stereocenters. The second-order valence-corrected chi connectivity index (χ2v) is 8.50. The minimum atomic E-state index is -0.919. The van der Waals surface area contributed by atoms with Gasteiger partial charge in [0.15, 0.2) is 12.5 Å². The third-order valence-electron chi connectivity index (χ3n) is 5.11. The van der Waals surface area contributed by atoms with Crippen LogP contribution in [0.3, 0.4) is 0 Å². The van der Waals surface area contributed by atoms with Crippen LogP contribution in [0.5, 0.6) is 0 Å². The van der Waals surface area contributed by atoms with Crippen LogP contribution in [-0.2, 0) is 32.2 Å². The maximum atomic E-state index is 12.0. The third kappa shape index (κ3) is 5.78. The lowest BCUT2D eigenvalue weighted by Gasteiger charge is -2.14. The first-order valence-corrected chi connectivity index (χ1v) is 11.1. The number of esters is 2. The van der Waals surface area contributed by atoms with Crippen LogP contribution < -0.4 is 11.5 Å². The van der Waals surface area contributed by atoms with Crippen molar-refractivity contribution >= 4 is 56.9 Å². The van der Waals surface area contributed by atoms with Gasteiger partial charge in [-0.25, -0.2) is 9.59 Å². The summed E-state index contributed by atoms with van der Waals surface area (Å²) in [7, 11) is 0. The number of hydrogen-bond donors (Lipinski definition) is 2. The Kier molecular flexibility index (Phi) is 7.23. The Bertz CT molecular complexity index is 1270. The Balaban J connectivity index is 1.26. The minimum absolute atomic E-state index is 0.232. The highest BCUT2D eigenvalue weighted by atomic mass is 35.5. The molecule has 2 unspecified atom stereocenters. The molecule has 0 amide bonds. The highest BCUT2D eigenvalue weighted by Gasteiger charge is 2.13. The first kappa shape index (κ1) is 23.8. The van der Waals surface area contributed by atoms with Gasteiger partial charge in [0.1, 0.15) is 0 Å². The van der Waals surface area contributed by atoms with Crippen LogP contribution in [-0.4, -0.2) is 33.5 Å². The summed E-state index contributed by atoms with van der Waals surface area (Å²) in [6.07, 6.45) is 3.72. The van der Waals surface area contributed by atoms with Crippen molar-refractivity contribution in [3.8, 4) is 0 Å². The summed E-state index contributed by atoms with van der Waals surface area (Å²) in [5, 5.41) is 3.15. The largest absolute Gasteiger partial charge is 0.442 e. The SMILES string of the molecule is NC(Cn1ccc2cc(Cl)ccc21)OC(=O)/C=C/C(=O)OC(N)Cn1ccc2cc(Cl)ccc21. The molecule has 176 valence electrons. The smallest absolute Gasteiger partial charge is 0.332 e. The van der Waals surface area contributed by atoms with Gasteiger partial charge in [-0.05, 0) is 48.5 Å². The molecule has 0 saturated heterocycles. The maximum absolute atomic E-state index is 12.0. The first-order chi connectivity index (χ1) is 16.3. The summed E-state index contributed by atoms with van der Waals surface area (Å²) < 4.78 is 14.0. The average molecular weight is 501 g/mol. The summed E-state index contributed by atoms with van der Waals surface area (Å²) in [4.78, 5) is 24.1. The molecule has 0 aliphatic carbocycles. The molecule has 0 fully saturated rings. The number of nitrogens with two attached hydrogens (primary N) is 2. The van der Waals surface area contributed by atoms with Crippen molar-refractivity contribution in [1.82, 2.24) is 9.13 Å². The van der Waals surface area contributed by atoms with E-state index < -0.39 is 24.4 Å². The molecule has 0 bridgehead atoms. The lowest BCUT2D eigenvalue weighted by Crippen LogP contribution is -2.32. The van der Waals surface area contributed by atoms with E-state index in [1.165, 1.54) is 0 Å². The Morgan fingerprint density at radius 3 is 1.59 bits per heavy atom. The highest BCUT2D eigenvalue weighted by molar-refractivity contribution is 6.31. The van der Waals surface area contributed by atoms with Crippen LogP contribution >= 0.6 is 23.2 Å². The molecule has 2 aromatic carbocycles. The second-order valence-electron chi connectivity index (χ2n) is 7.63. The number of hydrogen-bond acceptors (Lipinski definition) is 6. The van der Waals surface area contributed by atoms with E-state index in [0.29, 0.717) is 10.0 Å². The molecule has 4 aromatic rings. The quantitative estimate of drug-likeness (QED) is 0.216. The molecule has 0 spiro atoms. The number of rotatable bonds is 8. The van der Waals surface area contributed by atoms with E-state index in [0.717, 1.165) is 34.0 Å². The number of ether oxygens (including phenoxy) is 2. The van der Waals surface area contributed by atoms with Crippen LogP contribution in [0.25, 0.3) is 21.8 Å². The number of benzene rings is 2. The van der Waals surface area contributed by atoms with Crippen molar-refractivity contribution in [2.24, 2.45) is 11.5 Å². The molecule has 10 heteroatoms. The Labute approximate surface area is 205 Å². The molecule has 0 radical (unpaired) electrons. The standard InChI is InChI=1S/C24H22Cl2N4O4/c25-17-1-3-19-15(11-17)7-9-29(19)13-21(27)33-23(31)5-6-24(32)34-22(28)14-30-10-8-16-12-18(26)2-4-20(16)30/h1-12,21-22H,13-14,27-28H2/b6-5+. The zero-order valence-electron chi connectivity index (χ0n) is 17.9. The molecular formula is C24H22Cl2N4O4. The Morgan fingerprint density at radius 2 is 1.18 bits per heavy atom. The molecule has 2 aromatic heterocycles. The van der Waals surface area contributed by atoms with E-state index in [2.05, 4.69) is 0 Å². The van der Waals surface area contributed by atoms with E-state index in [1.54, 1.807) is 12.1 Å². The van der Waals surface area contributed by atoms with Gasteiger partial charge in [-0.3, -0.25) is 11.5 Å². The molecule has 0 aliphatic heterocycles. The molecule has 0 aliphatic rings. The molecular weight excluding hydrogens is 479 g/mol. The predicted molar refractivity (Wildman–Crippen MR) is 131 cm³/mol. The molecule has 4 N–H and O–H groups in total. The molecule has 0 saturated carbocycles. The van der Waals surface area contributed by atoms with Crippen LogP contribution in [0.15, 0.2) is 73.1 Å². The van der Waals surface area contributed by atoms with Gasteiger partial charge in [-0.15, -0.1) is 0 Å². The zero-order chi connectivity index (χ0) is 24.2. The van der Waals surface area contributed by atoms with Crippen molar-refractivity contribution in [3.63, 3.8) is 0 Å². The number of aromatic nitrogens is 2. The van der Waals surface area contributed by atoms with Crippen molar-refractivity contribution in [1.29, 1.82) is 0 Å². The Morgan fingerprint density at radius 1 is 0.765 bits per heavy atom. The third-order valence-corrected chi connectivity index (χ3v) is 5.58. The second kappa shape index (κ2) is 10.3. The van der Waals surface area contributed by atoms with Crippen LogP contribution in [0, 0.1) is 0 Å². The molecule has 2 heterocycles. The molecule has 4 rings (SSSR count). The number of nitrogens with zero attached hydrogens (tertiary/aromatic N) is 2. The van der Waals surface area contributed by atoms with Gasteiger partial charge in [-0.2, -0.15) is 0 Å². The van der Waals surface area contributed by atoms with E-state index in [1.807, 2.05) is 57.9 Å². The summed E-state index contributed by atoms with van der Waals surface area (Å²) >= 11 is 12.0. The minimum Gasteiger partial charge on any atom is -0.442 e. The molecule has 8 nitrogen and oxygen atoms in total.